The van der Waals surface area contributed by atoms with Gasteiger partial charge < -0.3 is 0 Å². The maximum Gasteiger partial charge on any atom is -0.0175 e. The van der Waals surface area contributed by atoms with Crippen LogP contribution in [0.1, 0.15) is 44.9 Å². The minimum absolute atomic E-state index is 0.940. The molecule has 0 nitrogen and oxygen atoms in total. The highest BCUT2D eigenvalue weighted by atomic mass is 14.4. The van der Waals surface area contributed by atoms with E-state index in [-0.39, 0.29) is 0 Å². The highest BCUT2D eigenvalue weighted by Gasteiger charge is 2.30. The Kier molecular flexibility index (Phi) is 2.02. The molecule has 1 unspecified atom stereocenters. The number of allylic oxidation sites excluding steroid dienone is 1. The molecule has 0 aliphatic heterocycles. The monoisotopic (exact) mass is 150 g/mol. The lowest BCUT2D eigenvalue weighted by atomic mass is 9.67. The Morgan fingerprint density at radius 1 is 1.00 bits per heavy atom. The van der Waals surface area contributed by atoms with Crippen molar-refractivity contribution in [3.8, 4) is 0 Å². The Hall–Kier alpha value is -0.260. The lowest BCUT2D eigenvalue weighted by molar-refractivity contribution is 0.225. The van der Waals surface area contributed by atoms with Gasteiger partial charge in [-0.25, -0.2) is 0 Å². The number of hydrogen-bond donors (Lipinski definition) is 0. The molecule has 0 heteroatoms. The minimum atomic E-state index is 0.940. The van der Waals surface area contributed by atoms with Gasteiger partial charge in [-0.15, -0.1) is 0 Å². The molecule has 0 N–H and O–H groups in total. The number of hydrogen-bond acceptors (Lipinski definition) is 0. The van der Waals surface area contributed by atoms with E-state index < -0.39 is 0 Å². The molecular weight excluding hydrogens is 132 g/mol. The second-order valence-corrected chi connectivity index (χ2v) is 4.20. The fourth-order valence-electron chi connectivity index (χ4n) is 2.62. The van der Waals surface area contributed by atoms with Crippen molar-refractivity contribution in [2.75, 3.05) is 0 Å². The summed E-state index contributed by atoms with van der Waals surface area (Å²) in [4.78, 5) is 0. The Balaban J connectivity index is 1.88. The zero-order chi connectivity index (χ0) is 7.68. The van der Waals surface area contributed by atoms with Crippen LogP contribution in [0.5, 0.6) is 0 Å². The summed E-state index contributed by atoms with van der Waals surface area (Å²) < 4.78 is 0. The van der Waals surface area contributed by atoms with Gasteiger partial charge in [0.1, 0.15) is 0 Å². The quantitative estimate of drug-likeness (QED) is 0.502. The van der Waals surface area contributed by atoms with E-state index in [0.29, 0.717) is 0 Å². The maximum atomic E-state index is 4.12. The molecule has 0 aromatic heterocycles. The van der Waals surface area contributed by atoms with Crippen LogP contribution in [0.25, 0.3) is 0 Å². The molecule has 0 radical (unpaired) electrons. The van der Waals surface area contributed by atoms with Crippen LogP contribution in [0.3, 0.4) is 0 Å². The van der Waals surface area contributed by atoms with Gasteiger partial charge in [0.2, 0.25) is 0 Å². The van der Waals surface area contributed by atoms with Crippen LogP contribution in [-0.4, -0.2) is 0 Å². The molecular formula is C11H18. The first-order valence-corrected chi connectivity index (χ1v) is 5.05. The summed E-state index contributed by atoms with van der Waals surface area (Å²) >= 11 is 0. The molecule has 0 spiro atoms. The average molecular weight is 150 g/mol. The van der Waals surface area contributed by atoms with Gasteiger partial charge in [0.05, 0.1) is 0 Å². The van der Waals surface area contributed by atoms with Gasteiger partial charge in [-0.1, -0.05) is 31.4 Å². The Labute approximate surface area is 69.7 Å². The first-order chi connectivity index (χ1) is 5.38. The van der Waals surface area contributed by atoms with Crippen molar-refractivity contribution in [1.82, 2.24) is 0 Å². The summed E-state index contributed by atoms with van der Waals surface area (Å²) in [5, 5.41) is 0. The second kappa shape index (κ2) is 3.00. The Morgan fingerprint density at radius 2 is 1.73 bits per heavy atom. The van der Waals surface area contributed by atoms with Crippen molar-refractivity contribution in [3.05, 3.63) is 12.2 Å². The van der Waals surface area contributed by atoms with Crippen molar-refractivity contribution in [2.24, 2.45) is 11.8 Å². The molecule has 2 aliphatic carbocycles. The third kappa shape index (κ3) is 1.36. The van der Waals surface area contributed by atoms with Gasteiger partial charge in [0.15, 0.2) is 0 Å². The van der Waals surface area contributed by atoms with Crippen LogP contribution in [0.15, 0.2) is 12.2 Å². The van der Waals surface area contributed by atoms with E-state index in [9.17, 15) is 0 Å². The van der Waals surface area contributed by atoms with Crippen molar-refractivity contribution in [1.29, 1.82) is 0 Å². The van der Waals surface area contributed by atoms with E-state index in [4.69, 9.17) is 0 Å². The fraction of sp³-hybridized carbons (Fsp3) is 0.818. The van der Waals surface area contributed by atoms with Crippen LogP contribution >= 0.6 is 0 Å². The van der Waals surface area contributed by atoms with Gasteiger partial charge in [0.25, 0.3) is 0 Å². The summed E-state index contributed by atoms with van der Waals surface area (Å²) in [6.45, 7) is 4.12. The molecule has 11 heavy (non-hydrogen) atoms. The van der Waals surface area contributed by atoms with Gasteiger partial charge in [-0.3, -0.25) is 0 Å². The van der Waals surface area contributed by atoms with Gasteiger partial charge in [-0.2, -0.15) is 0 Å². The highest BCUT2D eigenvalue weighted by Crippen LogP contribution is 2.43. The van der Waals surface area contributed by atoms with Crippen LogP contribution in [0, 0.1) is 11.8 Å². The zero-order valence-corrected chi connectivity index (χ0v) is 7.31. The molecule has 0 aromatic carbocycles. The predicted octanol–water partition coefficient (Wildman–Crippen LogP) is 3.53. The molecule has 0 amide bonds. The molecule has 2 fully saturated rings. The molecule has 0 aromatic rings. The fourth-order valence-corrected chi connectivity index (χ4v) is 2.62. The maximum absolute atomic E-state index is 4.12. The summed E-state index contributed by atoms with van der Waals surface area (Å²) in [6.07, 6.45) is 10.2. The van der Waals surface area contributed by atoms with Gasteiger partial charge >= 0.3 is 0 Å². The molecule has 0 saturated heterocycles. The van der Waals surface area contributed by atoms with Crippen LogP contribution in [0.2, 0.25) is 0 Å². The van der Waals surface area contributed by atoms with E-state index in [1.165, 1.54) is 44.9 Å². The SMILES string of the molecule is C=C1CCC1C1CCCCC1. The Bertz CT molecular complexity index is 151. The van der Waals surface area contributed by atoms with E-state index in [0.717, 1.165) is 11.8 Å². The van der Waals surface area contributed by atoms with Crippen LogP contribution < -0.4 is 0 Å². The number of rotatable bonds is 1. The lowest BCUT2D eigenvalue weighted by Crippen LogP contribution is -2.26. The summed E-state index contributed by atoms with van der Waals surface area (Å²) in [6, 6.07) is 0. The van der Waals surface area contributed by atoms with E-state index in [1.54, 1.807) is 5.57 Å². The first kappa shape index (κ1) is 7.39. The van der Waals surface area contributed by atoms with Crippen molar-refractivity contribution < 1.29 is 0 Å². The molecule has 62 valence electrons. The Morgan fingerprint density at radius 3 is 2.18 bits per heavy atom. The topological polar surface area (TPSA) is 0 Å². The molecule has 1 atom stereocenters. The summed E-state index contributed by atoms with van der Waals surface area (Å²) in [5.41, 5.74) is 1.55. The minimum Gasteiger partial charge on any atom is -0.0996 e. The van der Waals surface area contributed by atoms with Crippen molar-refractivity contribution in [3.63, 3.8) is 0 Å². The third-order valence-corrected chi connectivity index (χ3v) is 3.52. The smallest absolute Gasteiger partial charge is 0.0175 e. The predicted molar refractivity (Wildman–Crippen MR) is 48.4 cm³/mol. The van der Waals surface area contributed by atoms with E-state index >= 15 is 0 Å². The van der Waals surface area contributed by atoms with E-state index in [1.807, 2.05) is 0 Å². The molecule has 0 heterocycles. The highest BCUT2D eigenvalue weighted by molar-refractivity contribution is 5.12. The largest absolute Gasteiger partial charge is 0.0996 e. The molecule has 2 aliphatic rings. The normalized spacial score (nSPS) is 33.5. The first-order valence-electron chi connectivity index (χ1n) is 5.05. The second-order valence-electron chi connectivity index (χ2n) is 4.20. The van der Waals surface area contributed by atoms with Crippen LogP contribution in [0.4, 0.5) is 0 Å². The zero-order valence-electron chi connectivity index (χ0n) is 7.31. The standard InChI is InChI=1S/C11H18/c1-9-7-8-11(9)10-5-3-2-4-6-10/h10-11H,1-8H2. The molecule has 2 rings (SSSR count). The van der Waals surface area contributed by atoms with Crippen LogP contribution in [-0.2, 0) is 0 Å². The molecule has 0 bridgehead atoms. The van der Waals surface area contributed by atoms with Gasteiger partial charge in [0, 0.05) is 0 Å². The van der Waals surface area contributed by atoms with Crippen molar-refractivity contribution >= 4 is 0 Å². The third-order valence-electron chi connectivity index (χ3n) is 3.52. The summed E-state index contributed by atoms with van der Waals surface area (Å²) in [5.74, 6) is 1.97. The van der Waals surface area contributed by atoms with Gasteiger partial charge in [-0.05, 0) is 37.5 Å². The average Bonchev–Trinajstić information content (AvgIpc) is 2.04. The summed E-state index contributed by atoms with van der Waals surface area (Å²) in [7, 11) is 0. The molecule has 2 saturated carbocycles. The lowest BCUT2D eigenvalue weighted by Gasteiger charge is -2.38. The van der Waals surface area contributed by atoms with E-state index in [2.05, 4.69) is 6.58 Å². The van der Waals surface area contributed by atoms with Crippen molar-refractivity contribution in [2.45, 2.75) is 44.9 Å².